The van der Waals surface area contributed by atoms with E-state index in [1.165, 1.54) is 0 Å². The molecule has 1 atom stereocenters. The Morgan fingerprint density at radius 1 is 1.15 bits per heavy atom. The average Bonchev–Trinajstić information content (AvgIpc) is 2.35. The molecule has 7 nitrogen and oxygen atoms in total. The standard InChI is InChI=1S/C10H16F3N5O2/c1-3-14-7-16-8(18-9(17-7)20-4-2)15-5-6(19)10(11,12)13/h6,19H,3-5H2,1-2H3,(H2,14,15,16,17,18). The molecule has 1 unspecified atom stereocenters. The molecule has 0 spiro atoms. The van der Waals surface area contributed by atoms with Crippen LogP contribution < -0.4 is 15.4 Å². The van der Waals surface area contributed by atoms with Crippen molar-refractivity contribution in [3.05, 3.63) is 0 Å². The Labute approximate surface area is 113 Å². The first-order valence-electron chi connectivity index (χ1n) is 5.98. The number of anilines is 2. The zero-order chi connectivity index (χ0) is 15.2. The Bertz CT molecular complexity index is 406. The number of ether oxygens (including phenoxy) is 1. The maximum atomic E-state index is 12.2. The third kappa shape index (κ3) is 5.03. The highest BCUT2D eigenvalue weighted by molar-refractivity contribution is 5.35. The molecule has 0 aliphatic heterocycles. The summed E-state index contributed by atoms with van der Waals surface area (Å²) in [5.41, 5.74) is 0. The zero-order valence-corrected chi connectivity index (χ0v) is 11.0. The predicted molar refractivity (Wildman–Crippen MR) is 65.7 cm³/mol. The Balaban J connectivity index is 2.77. The molecule has 114 valence electrons. The molecule has 0 bridgehead atoms. The molecule has 1 heterocycles. The Hall–Kier alpha value is -1.84. The molecule has 0 aliphatic carbocycles. The quantitative estimate of drug-likeness (QED) is 0.692. The van der Waals surface area contributed by atoms with Crippen LogP contribution in [0.5, 0.6) is 6.01 Å². The molecule has 1 aromatic rings. The maximum absolute atomic E-state index is 12.2. The van der Waals surface area contributed by atoms with E-state index in [1.807, 2.05) is 6.92 Å². The smallest absolute Gasteiger partial charge is 0.416 e. The molecular formula is C10H16F3N5O2. The Kier molecular flexibility index (Phi) is 5.74. The summed E-state index contributed by atoms with van der Waals surface area (Å²) in [6.45, 7) is 3.60. The van der Waals surface area contributed by atoms with E-state index < -0.39 is 18.8 Å². The summed E-state index contributed by atoms with van der Waals surface area (Å²) in [4.78, 5) is 11.6. The number of aliphatic hydroxyl groups is 1. The summed E-state index contributed by atoms with van der Waals surface area (Å²) in [7, 11) is 0. The van der Waals surface area contributed by atoms with Crippen LogP contribution in [0, 0.1) is 0 Å². The third-order valence-electron chi connectivity index (χ3n) is 2.05. The van der Waals surface area contributed by atoms with Gasteiger partial charge in [0, 0.05) is 6.54 Å². The number of nitrogens with zero attached hydrogens (tertiary/aromatic N) is 3. The third-order valence-corrected chi connectivity index (χ3v) is 2.05. The second-order valence-electron chi connectivity index (χ2n) is 3.67. The molecule has 0 saturated heterocycles. The first kappa shape index (κ1) is 16.2. The summed E-state index contributed by atoms with van der Waals surface area (Å²) in [6, 6.07) is -0.0116. The van der Waals surface area contributed by atoms with E-state index in [0.29, 0.717) is 13.2 Å². The van der Waals surface area contributed by atoms with Crippen LogP contribution in [0.15, 0.2) is 0 Å². The monoisotopic (exact) mass is 295 g/mol. The van der Waals surface area contributed by atoms with E-state index in [4.69, 9.17) is 9.84 Å². The largest absolute Gasteiger partial charge is 0.464 e. The number of aliphatic hydroxyl groups excluding tert-OH is 1. The van der Waals surface area contributed by atoms with E-state index in [0.717, 1.165) is 0 Å². The minimum Gasteiger partial charge on any atom is -0.464 e. The lowest BCUT2D eigenvalue weighted by molar-refractivity contribution is -0.198. The van der Waals surface area contributed by atoms with E-state index in [1.54, 1.807) is 6.92 Å². The second-order valence-corrected chi connectivity index (χ2v) is 3.67. The number of aromatic nitrogens is 3. The van der Waals surface area contributed by atoms with Crippen molar-refractivity contribution >= 4 is 11.9 Å². The fourth-order valence-corrected chi connectivity index (χ4v) is 1.17. The lowest BCUT2D eigenvalue weighted by Gasteiger charge is -2.15. The molecule has 1 rings (SSSR count). The van der Waals surface area contributed by atoms with Gasteiger partial charge < -0.3 is 20.5 Å². The lowest BCUT2D eigenvalue weighted by Crippen LogP contribution is -2.35. The van der Waals surface area contributed by atoms with Crippen molar-refractivity contribution in [2.45, 2.75) is 26.1 Å². The Morgan fingerprint density at radius 3 is 2.25 bits per heavy atom. The number of hydrogen-bond acceptors (Lipinski definition) is 7. The number of alkyl halides is 3. The van der Waals surface area contributed by atoms with Gasteiger partial charge in [0.1, 0.15) is 0 Å². The van der Waals surface area contributed by atoms with E-state index in [2.05, 4.69) is 25.6 Å². The highest BCUT2D eigenvalue weighted by atomic mass is 19.4. The molecule has 0 radical (unpaired) electrons. The first-order chi connectivity index (χ1) is 9.36. The number of halogens is 3. The van der Waals surface area contributed by atoms with Gasteiger partial charge in [-0.25, -0.2) is 0 Å². The molecule has 10 heteroatoms. The fraction of sp³-hybridized carbons (Fsp3) is 0.700. The fourth-order valence-electron chi connectivity index (χ4n) is 1.17. The van der Waals surface area contributed by atoms with Gasteiger partial charge in [0.05, 0.1) is 13.2 Å². The summed E-state index contributed by atoms with van der Waals surface area (Å²) in [5, 5.41) is 14.0. The van der Waals surface area contributed by atoms with Crippen LogP contribution in [0.4, 0.5) is 25.1 Å². The predicted octanol–water partition coefficient (Wildman–Crippen LogP) is 1.04. The van der Waals surface area contributed by atoms with Crippen molar-refractivity contribution in [2.75, 3.05) is 30.3 Å². The minimum atomic E-state index is -4.70. The van der Waals surface area contributed by atoms with Crippen molar-refractivity contribution in [3.8, 4) is 6.01 Å². The van der Waals surface area contributed by atoms with Crippen LogP contribution in [0.2, 0.25) is 0 Å². The van der Waals surface area contributed by atoms with Crippen molar-refractivity contribution in [2.24, 2.45) is 0 Å². The summed E-state index contributed by atoms with van der Waals surface area (Å²) in [6.07, 6.45) is -7.20. The molecule has 1 aromatic heterocycles. The SMILES string of the molecule is CCNc1nc(NCC(O)C(F)(F)F)nc(OCC)n1. The van der Waals surface area contributed by atoms with E-state index >= 15 is 0 Å². The van der Waals surface area contributed by atoms with Crippen LogP contribution >= 0.6 is 0 Å². The number of rotatable bonds is 7. The van der Waals surface area contributed by atoms with Crippen LogP contribution in [-0.4, -0.2) is 52.0 Å². The van der Waals surface area contributed by atoms with Crippen molar-refractivity contribution in [1.29, 1.82) is 0 Å². The molecule has 0 aromatic carbocycles. The Morgan fingerprint density at radius 2 is 1.75 bits per heavy atom. The van der Waals surface area contributed by atoms with Gasteiger partial charge in [0.25, 0.3) is 0 Å². The zero-order valence-electron chi connectivity index (χ0n) is 11.0. The molecule has 3 N–H and O–H groups in total. The van der Waals surface area contributed by atoms with E-state index in [9.17, 15) is 13.2 Å². The van der Waals surface area contributed by atoms with Gasteiger partial charge in [0.15, 0.2) is 6.10 Å². The molecular weight excluding hydrogens is 279 g/mol. The second kappa shape index (κ2) is 7.08. The van der Waals surface area contributed by atoms with Gasteiger partial charge in [-0.2, -0.15) is 28.1 Å². The highest BCUT2D eigenvalue weighted by Crippen LogP contribution is 2.20. The first-order valence-corrected chi connectivity index (χ1v) is 5.98. The minimum absolute atomic E-state index is 0.0116. The molecule has 20 heavy (non-hydrogen) atoms. The van der Waals surface area contributed by atoms with Gasteiger partial charge in [-0.15, -0.1) is 0 Å². The van der Waals surface area contributed by atoms with Crippen molar-refractivity contribution < 1.29 is 23.0 Å². The molecule has 0 fully saturated rings. The van der Waals surface area contributed by atoms with Gasteiger partial charge in [-0.05, 0) is 13.8 Å². The van der Waals surface area contributed by atoms with Gasteiger partial charge in [-0.1, -0.05) is 0 Å². The van der Waals surface area contributed by atoms with Crippen LogP contribution in [0.3, 0.4) is 0 Å². The number of hydrogen-bond donors (Lipinski definition) is 3. The van der Waals surface area contributed by atoms with Crippen LogP contribution in [0.1, 0.15) is 13.8 Å². The van der Waals surface area contributed by atoms with Crippen LogP contribution in [0.25, 0.3) is 0 Å². The van der Waals surface area contributed by atoms with Crippen molar-refractivity contribution in [3.63, 3.8) is 0 Å². The normalized spacial score (nSPS) is 12.9. The molecule has 0 saturated carbocycles. The summed E-state index contributed by atoms with van der Waals surface area (Å²) >= 11 is 0. The molecule has 0 aliphatic rings. The number of nitrogens with one attached hydrogen (secondary N) is 2. The van der Waals surface area contributed by atoms with Crippen LogP contribution in [-0.2, 0) is 0 Å². The summed E-state index contributed by atoms with van der Waals surface area (Å²) < 4.78 is 41.6. The van der Waals surface area contributed by atoms with Crippen molar-refractivity contribution in [1.82, 2.24) is 15.0 Å². The van der Waals surface area contributed by atoms with E-state index in [-0.39, 0.29) is 17.9 Å². The topological polar surface area (TPSA) is 92.2 Å². The lowest BCUT2D eigenvalue weighted by atomic mass is 10.3. The highest BCUT2D eigenvalue weighted by Gasteiger charge is 2.38. The average molecular weight is 295 g/mol. The maximum Gasteiger partial charge on any atom is 0.416 e. The van der Waals surface area contributed by atoms with Gasteiger partial charge in [0.2, 0.25) is 11.9 Å². The summed E-state index contributed by atoms with van der Waals surface area (Å²) in [5.74, 6) is 0.0673. The van der Waals surface area contributed by atoms with Gasteiger partial charge >= 0.3 is 12.2 Å². The van der Waals surface area contributed by atoms with Gasteiger partial charge in [-0.3, -0.25) is 0 Å². The molecule has 0 amide bonds.